The summed E-state index contributed by atoms with van der Waals surface area (Å²) in [6, 6.07) is 8.24. The Bertz CT molecular complexity index is 468. The smallest absolute Gasteiger partial charge is 0.107 e. The fourth-order valence-corrected chi connectivity index (χ4v) is 2.15. The van der Waals surface area contributed by atoms with E-state index in [1.54, 1.807) is 6.20 Å². The topological polar surface area (TPSA) is 40.7 Å². The number of halogens is 1. The summed E-state index contributed by atoms with van der Waals surface area (Å²) in [5.41, 5.74) is 1.20. The number of hydrogen-bond donors (Lipinski definition) is 2. The molecule has 4 heteroatoms. The summed E-state index contributed by atoms with van der Waals surface area (Å²) in [7, 11) is 0. The SMILES string of the molecule is CCCNC(Cc1ncc[nH]1)c1cccc(Cl)c1. The first-order valence-corrected chi connectivity index (χ1v) is 6.64. The zero-order valence-corrected chi connectivity index (χ0v) is 11.2. The molecule has 1 heterocycles. The van der Waals surface area contributed by atoms with Crippen molar-refractivity contribution in [3.63, 3.8) is 0 Å². The van der Waals surface area contributed by atoms with Crippen LogP contribution in [-0.4, -0.2) is 16.5 Å². The third-order valence-electron chi connectivity index (χ3n) is 2.84. The molecule has 0 aliphatic heterocycles. The van der Waals surface area contributed by atoms with Gasteiger partial charge in [-0.15, -0.1) is 0 Å². The Morgan fingerprint density at radius 1 is 1.44 bits per heavy atom. The van der Waals surface area contributed by atoms with E-state index in [4.69, 9.17) is 11.6 Å². The molecule has 1 aromatic heterocycles. The molecule has 96 valence electrons. The average Bonchev–Trinajstić information content (AvgIpc) is 2.87. The van der Waals surface area contributed by atoms with Crippen LogP contribution in [-0.2, 0) is 6.42 Å². The van der Waals surface area contributed by atoms with Gasteiger partial charge in [0.1, 0.15) is 5.82 Å². The third kappa shape index (κ3) is 3.59. The third-order valence-corrected chi connectivity index (χ3v) is 3.08. The van der Waals surface area contributed by atoms with E-state index >= 15 is 0 Å². The van der Waals surface area contributed by atoms with Gasteiger partial charge in [-0.05, 0) is 30.7 Å². The standard InChI is InChI=1S/C14H18ClN3/c1-2-6-16-13(10-14-17-7-8-18-14)11-4-3-5-12(15)9-11/h3-5,7-9,13,16H,2,6,10H2,1H3,(H,17,18). The first-order chi connectivity index (χ1) is 8.79. The van der Waals surface area contributed by atoms with Crippen molar-refractivity contribution >= 4 is 11.6 Å². The Labute approximate surface area is 113 Å². The molecule has 0 amide bonds. The molecule has 0 saturated heterocycles. The number of hydrogen-bond acceptors (Lipinski definition) is 2. The number of benzene rings is 1. The highest BCUT2D eigenvalue weighted by atomic mass is 35.5. The molecule has 3 nitrogen and oxygen atoms in total. The monoisotopic (exact) mass is 263 g/mol. The highest BCUT2D eigenvalue weighted by Crippen LogP contribution is 2.20. The van der Waals surface area contributed by atoms with Crippen LogP contribution in [0.5, 0.6) is 0 Å². The minimum atomic E-state index is 0.245. The van der Waals surface area contributed by atoms with Crippen molar-refractivity contribution in [3.05, 3.63) is 53.1 Å². The number of nitrogens with zero attached hydrogens (tertiary/aromatic N) is 1. The van der Waals surface area contributed by atoms with Crippen molar-refractivity contribution in [2.75, 3.05) is 6.54 Å². The van der Waals surface area contributed by atoms with E-state index in [9.17, 15) is 0 Å². The first kappa shape index (κ1) is 13.1. The lowest BCUT2D eigenvalue weighted by Gasteiger charge is -2.18. The highest BCUT2D eigenvalue weighted by Gasteiger charge is 2.13. The molecule has 0 bridgehead atoms. The number of nitrogens with one attached hydrogen (secondary N) is 2. The van der Waals surface area contributed by atoms with Crippen LogP contribution in [0.25, 0.3) is 0 Å². The van der Waals surface area contributed by atoms with Gasteiger partial charge >= 0.3 is 0 Å². The molecule has 0 radical (unpaired) electrons. The number of aromatic amines is 1. The van der Waals surface area contributed by atoms with Crippen LogP contribution in [0.1, 0.15) is 30.8 Å². The summed E-state index contributed by atoms with van der Waals surface area (Å²) in [6.45, 7) is 3.15. The zero-order chi connectivity index (χ0) is 12.8. The molecule has 0 spiro atoms. The maximum Gasteiger partial charge on any atom is 0.107 e. The largest absolute Gasteiger partial charge is 0.349 e. The van der Waals surface area contributed by atoms with Gasteiger partial charge in [0.25, 0.3) is 0 Å². The van der Waals surface area contributed by atoms with Gasteiger partial charge in [-0.3, -0.25) is 0 Å². The van der Waals surface area contributed by atoms with Gasteiger partial charge in [0.2, 0.25) is 0 Å². The van der Waals surface area contributed by atoms with Gasteiger partial charge in [0.05, 0.1) is 0 Å². The van der Waals surface area contributed by atoms with Crippen LogP contribution in [0, 0.1) is 0 Å². The molecule has 2 N–H and O–H groups in total. The molecular weight excluding hydrogens is 246 g/mol. The maximum absolute atomic E-state index is 6.05. The van der Waals surface area contributed by atoms with E-state index in [-0.39, 0.29) is 6.04 Å². The Morgan fingerprint density at radius 2 is 2.33 bits per heavy atom. The van der Waals surface area contributed by atoms with Crippen molar-refractivity contribution < 1.29 is 0 Å². The minimum absolute atomic E-state index is 0.245. The molecule has 18 heavy (non-hydrogen) atoms. The van der Waals surface area contributed by atoms with E-state index in [0.717, 1.165) is 30.2 Å². The van der Waals surface area contributed by atoms with Gasteiger partial charge in [-0.25, -0.2) is 4.98 Å². The Hall–Kier alpha value is -1.32. The van der Waals surface area contributed by atoms with Crippen LogP contribution in [0.15, 0.2) is 36.7 Å². The normalized spacial score (nSPS) is 12.6. The van der Waals surface area contributed by atoms with Gasteiger partial charge in [-0.1, -0.05) is 30.7 Å². The zero-order valence-electron chi connectivity index (χ0n) is 10.5. The predicted octanol–water partition coefficient (Wildman–Crippen LogP) is 3.35. The van der Waals surface area contributed by atoms with E-state index in [1.165, 1.54) is 5.56 Å². The van der Waals surface area contributed by atoms with Crippen molar-refractivity contribution in [3.8, 4) is 0 Å². The van der Waals surface area contributed by atoms with E-state index in [1.807, 2.05) is 24.4 Å². The molecule has 1 atom stereocenters. The molecule has 0 aliphatic carbocycles. The second-order valence-electron chi connectivity index (χ2n) is 4.30. The number of H-pyrrole nitrogens is 1. The highest BCUT2D eigenvalue weighted by molar-refractivity contribution is 6.30. The first-order valence-electron chi connectivity index (χ1n) is 6.26. The average molecular weight is 264 g/mol. The lowest BCUT2D eigenvalue weighted by molar-refractivity contribution is 0.520. The van der Waals surface area contributed by atoms with Crippen molar-refractivity contribution in [1.82, 2.24) is 15.3 Å². The number of aromatic nitrogens is 2. The Morgan fingerprint density at radius 3 is 3.00 bits per heavy atom. The van der Waals surface area contributed by atoms with Crippen LogP contribution in [0.2, 0.25) is 5.02 Å². The summed E-state index contributed by atoms with van der Waals surface area (Å²) in [6.07, 6.45) is 5.58. The Kier molecular flexibility index (Phi) is 4.79. The summed E-state index contributed by atoms with van der Waals surface area (Å²) < 4.78 is 0. The van der Waals surface area contributed by atoms with E-state index in [2.05, 4.69) is 28.3 Å². The van der Waals surface area contributed by atoms with Crippen LogP contribution >= 0.6 is 11.6 Å². The van der Waals surface area contributed by atoms with Gasteiger partial charge < -0.3 is 10.3 Å². The molecule has 0 aliphatic rings. The van der Waals surface area contributed by atoms with Crippen molar-refractivity contribution in [2.24, 2.45) is 0 Å². The quantitative estimate of drug-likeness (QED) is 0.839. The Balaban J connectivity index is 2.13. The van der Waals surface area contributed by atoms with Crippen molar-refractivity contribution in [2.45, 2.75) is 25.8 Å². The van der Waals surface area contributed by atoms with Gasteiger partial charge in [0, 0.05) is 29.9 Å². The number of imidazole rings is 1. The van der Waals surface area contributed by atoms with Crippen molar-refractivity contribution in [1.29, 1.82) is 0 Å². The maximum atomic E-state index is 6.05. The summed E-state index contributed by atoms with van der Waals surface area (Å²) in [4.78, 5) is 7.43. The molecule has 1 aromatic carbocycles. The molecule has 0 fully saturated rings. The molecule has 0 saturated carbocycles. The second-order valence-corrected chi connectivity index (χ2v) is 4.74. The lowest BCUT2D eigenvalue weighted by Crippen LogP contribution is -2.24. The fraction of sp³-hybridized carbons (Fsp3) is 0.357. The second kappa shape index (κ2) is 6.57. The van der Waals surface area contributed by atoms with E-state index in [0.29, 0.717) is 0 Å². The summed E-state index contributed by atoms with van der Waals surface area (Å²) in [5, 5.41) is 4.31. The van der Waals surface area contributed by atoms with E-state index < -0.39 is 0 Å². The molecule has 2 aromatic rings. The molecular formula is C14H18ClN3. The van der Waals surface area contributed by atoms with Crippen LogP contribution in [0.4, 0.5) is 0 Å². The summed E-state index contributed by atoms with van der Waals surface area (Å²) in [5.74, 6) is 0.989. The molecule has 1 unspecified atom stereocenters. The minimum Gasteiger partial charge on any atom is -0.349 e. The van der Waals surface area contributed by atoms with Gasteiger partial charge in [-0.2, -0.15) is 0 Å². The number of rotatable bonds is 6. The molecule has 2 rings (SSSR count). The fourth-order valence-electron chi connectivity index (χ4n) is 1.95. The van der Waals surface area contributed by atoms with Gasteiger partial charge in [0.15, 0.2) is 0 Å². The van der Waals surface area contributed by atoms with Crippen LogP contribution in [0.3, 0.4) is 0 Å². The lowest BCUT2D eigenvalue weighted by atomic mass is 10.0. The van der Waals surface area contributed by atoms with Crippen LogP contribution < -0.4 is 5.32 Å². The predicted molar refractivity (Wildman–Crippen MR) is 74.8 cm³/mol. The summed E-state index contributed by atoms with van der Waals surface area (Å²) >= 11 is 6.05.